The Morgan fingerprint density at radius 1 is 1.00 bits per heavy atom. The van der Waals surface area contributed by atoms with E-state index in [1.165, 1.54) is 16.7 Å². The molecule has 2 aliphatic rings. The summed E-state index contributed by atoms with van der Waals surface area (Å²) in [4.78, 5) is 24.2. The van der Waals surface area contributed by atoms with Gasteiger partial charge in [-0.05, 0) is 73.6 Å². The summed E-state index contributed by atoms with van der Waals surface area (Å²) in [5, 5.41) is 0. The molecule has 0 saturated heterocycles. The largest absolute Gasteiger partial charge is 0.299 e. The van der Waals surface area contributed by atoms with E-state index in [1.807, 2.05) is 13.0 Å². The third-order valence-electron chi connectivity index (χ3n) is 6.40. The summed E-state index contributed by atoms with van der Waals surface area (Å²) in [5.41, 5.74) is 3.79. The van der Waals surface area contributed by atoms with Gasteiger partial charge >= 0.3 is 0 Å². The zero-order chi connectivity index (χ0) is 18.5. The predicted molar refractivity (Wildman–Crippen MR) is 107 cm³/mol. The maximum atomic E-state index is 12.3. The average Bonchev–Trinajstić information content (AvgIpc) is 2.69. The van der Waals surface area contributed by atoms with Crippen LogP contribution in [-0.2, 0) is 9.59 Å². The molecule has 0 spiro atoms. The Hall–Kier alpha value is -1.70. The fourth-order valence-electron chi connectivity index (χ4n) is 4.70. The lowest BCUT2D eigenvalue weighted by atomic mass is 9.76. The van der Waals surface area contributed by atoms with E-state index in [-0.39, 0.29) is 5.92 Å². The van der Waals surface area contributed by atoms with E-state index in [4.69, 9.17) is 0 Å². The molecule has 1 saturated carbocycles. The minimum atomic E-state index is 0.240. The lowest BCUT2D eigenvalue weighted by Gasteiger charge is -2.28. The summed E-state index contributed by atoms with van der Waals surface area (Å²) < 4.78 is 0. The van der Waals surface area contributed by atoms with Crippen molar-refractivity contribution >= 4 is 17.1 Å². The molecule has 0 bridgehead atoms. The Kier molecular flexibility index (Phi) is 6.45. The first kappa shape index (κ1) is 19.1. The average molecular weight is 353 g/mol. The first-order valence-corrected chi connectivity index (χ1v) is 10.5. The van der Waals surface area contributed by atoms with Crippen molar-refractivity contribution in [1.29, 1.82) is 0 Å². The number of allylic oxidation sites excluding steroid dienone is 2. The van der Waals surface area contributed by atoms with Crippen molar-refractivity contribution in [3.63, 3.8) is 0 Å². The van der Waals surface area contributed by atoms with Crippen LogP contribution in [0.1, 0.15) is 88.7 Å². The molecule has 2 nitrogen and oxygen atoms in total. The number of hydrogen-bond donors (Lipinski definition) is 0. The van der Waals surface area contributed by atoms with Crippen LogP contribution < -0.4 is 0 Å². The molecule has 2 aliphatic carbocycles. The maximum absolute atomic E-state index is 12.3. The lowest BCUT2D eigenvalue weighted by Crippen LogP contribution is -2.20. The monoisotopic (exact) mass is 352 g/mol. The third-order valence-corrected chi connectivity index (χ3v) is 6.40. The van der Waals surface area contributed by atoms with E-state index >= 15 is 0 Å². The summed E-state index contributed by atoms with van der Waals surface area (Å²) >= 11 is 0. The molecule has 1 unspecified atom stereocenters. The predicted octanol–water partition coefficient (Wildman–Crippen LogP) is 6.10. The number of carbonyl (C=O) groups excluding carboxylic acids is 2. The van der Waals surface area contributed by atoms with Gasteiger partial charge in [0.1, 0.15) is 5.78 Å². The van der Waals surface area contributed by atoms with E-state index in [0.29, 0.717) is 29.8 Å². The van der Waals surface area contributed by atoms with Gasteiger partial charge < -0.3 is 0 Å². The number of carbonyl (C=O) groups is 2. The highest BCUT2D eigenvalue weighted by Crippen LogP contribution is 2.37. The molecule has 0 N–H and O–H groups in total. The topological polar surface area (TPSA) is 34.1 Å². The zero-order valence-corrected chi connectivity index (χ0v) is 16.3. The number of hydrogen-bond acceptors (Lipinski definition) is 2. The summed E-state index contributed by atoms with van der Waals surface area (Å²) in [6.45, 7) is 4.12. The SMILES string of the molecule is CCCC1CCC(c2ccc(C3CCC(C(=O)CC)CC3)cc2)=CC1=O. The van der Waals surface area contributed by atoms with Gasteiger partial charge in [0.2, 0.25) is 0 Å². The number of rotatable bonds is 6. The maximum Gasteiger partial charge on any atom is 0.159 e. The van der Waals surface area contributed by atoms with E-state index in [9.17, 15) is 9.59 Å². The van der Waals surface area contributed by atoms with Gasteiger partial charge in [-0.15, -0.1) is 0 Å². The van der Waals surface area contributed by atoms with Crippen molar-refractivity contribution in [2.45, 2.75) is 77.6 Å². The van der Waals surface area contributed by atoms with Crippen LogP contribution in [0, 0.1) is 11.8 Å². The molecule has 1 aromatic carbocycles. The number of benzene rings is 1. The molecule has 26 heavy (non-hydrogen) atoms. The molecule has 1 fully saturated rings. The van der Waals surface area contributed by atoms with Crippen LogP contribution >= 0.6 is 0 Å². The molecule has 0 amide bonds. The molecule has 0 aliphatic heterocycles. The molecule has 3 rings (SSSR count). The van der Waals surface area contributed by atoms with Gasteiger partial charge in [-0.2, -0.15) is 0 Å². The first-order chi connectivity index (χ1) is 12.6. The summed E-state index contributed by atoms with van der Waals surface area (Å²) in [6, 6.07) is 8.87. The highest BCUT2D eigenvalue weighted by molar-refractivity contribution is 5.99. The minimum Gasteiger partial charge on any atom is -0.299 e. The van der Waals surface area contributed by atoms with Gasteiger partial charge in [0, 0.05) is 18.3 Å². The van der Waals surface area contributed by atoms with Gasteiger partial charge in [-0.25, -0.2) is 0 Å². The zero-order valence-electron chi connectivity index (χ0n) is 16.3. The Bertz CT molecular complexity index is 660. The van der Waals surface area contributed by atoms with E-state index in [2.05, 4.69) is 31.2 Å². The second-order valence-electron chi connectivity index (χ2n) is 8.09. The molecule has 2 heteroatoms. The van der Waals surface area contributed by atoms with Crippen molar-refractivity contribution in [2.24, 2.45) is 11.8 Å². The summed E-state index contributed by atoms with van der Waals surface area (Å²) in [5.74, 6) is 1.88. The van der Waals surface area contributed by atoms with E-state index in [1.54, 1.807) is 0 Å². The van der Waals surface area contributed by atoms with Crippen LogP contribution in [0.2, 0.25) is 0 Å². The molecule has 1 aromatic rings. The summed E-state index contributed by atoms with van der Waals surface area (Å²) in [6.07, 6.45) is 11.0. The van der Waals surface area contributed by atoms with E-state index < -0.39 is 0 Å². The van der Waals surface area contributed by atoms with Gasteiger partial charge in [-0.1, -0.05) is 44.5 Å². The number of ketones is 2. The molecule has 140 valence electrons. The standard InChI is InChI=1S/C24H32O2/c1-3-5-20-14-15-22(16-24(20)26)19-8-6-17(7-9-19)18-10-12-21(13-11-18)23(25)4-2/h6-9,16,18,20-21H,3-5,10-15H2,1-2H3. The minimum absolute atomic E-state index is 0.240. The Morgan fingerprint density at radius 2 is 1.69 bits per heavy atom. The van der Waals surface area contributed by atoms with Crippen molar-refractivity contribution in [3.8, 4) is 0 Å². The molecule has 0 aromatic heterocycles. The van der Waals surface area contributed by atoms with Crippen LogP contribution in [-0.4, -0.2) is 11.6 Å². The molecular formula is C24H32O2. The van der Waals surface area contributed by atoms with Gasteiger partial charge in [-0.3, -0.25) is 9.59 Å². The molecule has 0 heterocycles. The van der Waals surface area contributed by atoms with Crippen LogP contribution in [0.3, 0.4) is 0 Å². The first-order valence-electron chi connectivity index (χ1n) is 10.5. The second kappa shape index (κ2) is 8.79. The molecular weight excluding hydrogens is 320 g/mol. The quantitative estimate of drug-likeness (QED) is 0.619. The van der Waals surface area contributed by atoms with Gasteiger partial charge in [0.15, 0.2) is 5.78 Å². The molecule has 1 atom stereocenters. The van der Waals surface area contributed by atoms with Crippen LogP contribution in [0.4, 0.5) is 0 Å². The van der Waals surface area contributed by atoms with Crippen molar-refractivity contribution < 1.29 is 9.59 Å². The highest BCUT2D eigenvalue weighted by atomic mass is 16.1. The fraction of sp³-hybridized carbons (Fsp3) is 0.583. The molecule has 0 radical (unpaired) electrons. The van der Waals surface area contributed by atoms with Crippen molar-refractivity contribution in [3.05, 3.63) is 41.5 Å². The normalized spacial score (nSPS) is 26.5. The highest BCUT2D eigenvalue weighted by Gasteiger charge is 2.26. The third kappa shape index (κ3) is 4.34. The van der Waals surface area contributed by atoms with Crippen LogP contribution in [0.5, 0.6) is 0 Å². The van der Waals surface area contributed by atoms with Crippen molar-refractivity contribution in [1.82, 2.24) is 0 Å². The fourth-order valence-corrected chi connectivity index (χ4v) is 4.70. The van der Waals surface area contributed by atoms with Crippen molar-refractivity contribution in [2.75, 3.05) is 0 Å². The van der Waals surface area contributed by atoms with Gasteiger partial charge in [0.05, 0.1) is 0 Å². The van der Waals surface area contributed by atoms with Crippen LogP contribution in [0.25, 0.3) is 5.57 Å². The smallest absolute Gasteiger partial charge is 0.159 e. The lowest BCUT2D eigenvalue weighted by molar-refractivity contribution is -0.123. The number of Topliss-reactive ketones (excluding diaryl/α,β-unsaturated/α-hetero) is 1. The van der Waals surface area contributed by atoms with Crippen LogP contribution in [0.15, 0.2) is 30.3 Å². The Morgan fingerprint density at radius 3 is 2.27 bits per heavy atom. The van der Waals surface area contributed by atoms with Gasteiger partial charge in [0.25, 0.3) is 0 Å². The Balaban J connectivity index is 1.62. The second-order valence-corrected chi connectivity index (χ2v) is 8.09. The summed E-state index contributed by atoms with van der Waals surface area (Å²) in [7, 11) is 0. The van der Waals surface area contributed by atoms with E-state index in [0.717, 1.165) is 51.4 Å². The Labute approximate surface area is 158 Å².